The number of rotatable bonds is 4. The molecule has 0 spiro atoms. The van der Waals surface area contributed by atoms with Crippen LogP contribution in [0.1, 0.15) is 31.7 Å². The Morgan fingerprint density at radius 3 is 2.52 bits per heavy atom. The first-order chi connectivity index (χ1) is 10.2. The van der Waals surface area contributed by atoms with E-state index in [1.54, 1.807) is 12.1 Å². The molecule has 0 saturated heterocycles. The summed E-state index contributed by atoms with van der Waals surface area (Å²) >= 11 is 0. The molecule has 21 heavy (non-hydrogen) atoms. The van der Waals surface area contributed by atoms with Crippen LogP contribution in [-0.2, 0) is 0 Å². The van der Waals surface area contributed by atoms with E-state index >= 15 is 0 Å². The molecule has 5 heteroatoms. The first kappa shape index (κ1) is 13.4. The van der Waals surface area contributed by atoms with Gasteiger partial charge in [0.05, 0.1) is 5.69 Å². The van der Waals surface area contributed by atoms with Gasteiger partial charge in [-0.1, -0.05) is 26.0 Å². The van der Waals surface area contributed by atoms with Crippen molar-refractivity contribution in [3.63, 3.8) is 0 Å². The monoisotopic (exact) mass is 283 g/mol. The maximum absolute atomic E-state index is 5.86. The van der Waals surface area contributed by atoms with E-state index in [2.05, 4.69) is 36.3 Å². The molecule has 0 aliphatic carbocycles. The fraction of sp³-hybridized carbons (Fsp3) is 0.250. The van der Waals surface area contributed by atoms with E-state index in [0.29, 0.717) is 28.4 Å². The maximum Gasteiger partial charge on any atom is 0.179 e. The van der Waals surface area contributed by atoms with Crippen molar-refractivity contribution in [3.05, 3.63) is 42.0 Å². The van der Waals surface area contributed by atoms with E-state index in [0.717, 1.165) is 12.2 Å². The predicted octanol–water partition coefficient (Wildman–Crippen LogP) is 4.11. The third-order valence-electron chi connectivity index (χ3n) is 3.70. The van der Waals surface area contributed by atoms with E-state index in [1.807, 2.05) is 12.1 Å². The molecule has 1 atom stereocenters. The van der Waals surface area contributed by atoms with E-state index in [4.69, 9.17) is 15.1 Å². The normalized spacial score (nSPS) is 12.5. The molecule has 108 valence electrons. The van der Waals surface area contributed by atoms with Crippen molar-refractivity contribution in [1.29, 1.82) is 0 Å². The minimum atomic E-state index is 0.517. The second kappa shape index (κ2) is 5.44. The molecule has 0 saturated carbocycles. The summed E-state index contributed by atoms with van der Waals surface area (Å²) in [5.74, 6) is 1.87. The van der Waals surface area contributed by atoms with E-state index < -0.39 is 0 Å². The largest absolute Gasteiger partial charge is 0.455 e. The van der Waals surface area contributed by atoms with Crippen LogP contribution in [0.5, 0.6) is 11.5 Å². The van der Waals surface area contributed by atoms with E-state index in [9.17, 15) is 0 Å². The number of hydrogen-bond acceptors (Lipinski definition) is 5. The topological polar surface area (TPSA) is 74.2 Å². The summed E-state index contributed by atoms with van der Waals surface area (Å²) < 4.78 is 10.6. The average Bonchev–Trinajstić information content (AvgIpc) is 3.01. The van der Waals surface area contributed by atoms with Crippen LogP contribution >= 0.6 is 0 Å². The van der Waals surface area contributed by atoms with Crippen LogP contribution in [0.15, 0.2) is 41.0 Å². The summed E-state index contributed by atoms with van der Waals surface area (Å²) in [6, 6.07) is 11.6. The number of nitrogen functional groups attached to an aromatic ring is 1. The SMILES string of the molecule is CCC(C)c1ccc(Oc2ccc(N)c3nonc23)cc1. The molecule has 5 nitrogen and oxygen atoms in total. The Labute approximate surface area is 122 Å². The number of fused-ring (bicyclic) bond motifs is 1. The van der Waals surface area contributed by atoms with Gasteiger partial charge in [-0.05, 0) is 52.5 Å². The smallest absolute Gasteiger partial charge is 0.179 e. The zero-order valence-electron chi connectivity index (χ0n) is 12.0. The Morgan fingerprint density at radius 2 is 1.81 bits per heavy atom. The molecule has 3 aromatic rings. The molecule has 0 bridgehead atoms. The molecule has 0 aliphatic rings. The molecular weight excluding hydrogens is 266 g/mol. The minimum Gasteiger partial charge on any atom is -0.455 e. The number of nitrogens with zero attached hydrogens (tertiary/aromatic N) is 2. The molecule has 0 radical (unpaired) electrons. The Balaban J connectivity index is 1.88. The number of aromatic nitrogens is 2. The molecule has 1 unspecified atom stereocenters. The lowest BCUT2D eigenvalue weighted by atomic mass is 9.99. The van der Waals surface area contributed by atoms with Crippen molar-refractivity contribution in [1.82, 2.24) is 10.3 Å². The lowest BCUT2D eigenvalue weighted by molar-refractivity contribution is 0.314. The van der Waals surface area contributed by atoms with E-state index in [1.165, 1.54) is 5.56 Å². The number of anilines is 1. The van der Waals surface area contributed by atoms with Gasteiger partial charge >= 0.3 is 0 Å². The van der Waals surface area contributed by atoms with Gasteiger partial charge in [-0.25, -0.2) is 4.63 Å². The van der Waals surface area contributed by atoms with Crippen molar-refractivity contribution in [2.24, 2.45) is 0 Å². The Kier molecular flexibility index (Phi) is 3.48. The fourth-order valence-corrected chi connectivity index (χ4v) is 2.17. The first-order valence-corrected chi connectivity index (χ1v) is 6.97. The van der Waals surface area contributed by atoms with Crippen molar-refractivity contribution < 1.29 is 9.37 Å². The maximum atomic E-state index is 5.86. The highest BCUT2D eigenvalue weighted by molar-refractivity contribution is 5.90. The van der Waals surface area contributed by atoms with Gasteiger partial charge in [0.25, 0.3) is 0 Å². The Morgan fingerprint density at radius 1 is 1.10 bits per heavy atom. The van der Waals surface area contributed by atoms with Gasteiger partial charge in [0.15, 0.2) is 16.8 Å². The Hall–Kier alpha value is -2.56. The fourth-order valence-electron chi connectivity index (χ4n) is 2.17. The molecule has 1 heterocycles. The quantitative estimate of drug-likeness (QED) is 0.729. The van der Waals surface area contributed by atoms with Gasteiger partial charge in [0.2, 0.25) is 0 Å². The zero-order valence-corrected chi connectivity index (χ0v) is 12.0. The lowest BCUT2D eigenvalue weighted by Gasteiger charge is -2.10. The van der Waals surface area contributed by atoms with Crippen molar-refractivity contribution in [2.45, 2.75) is 26.2 Å². The summed E-state index contributed by atoms with van der Waals surface area (Å²) in [6.07, 6.45) is 1.11. The summed E-state index contributed by atoms with van der Waals surface area (Å²) in [7, 11) is 0. The Bertz CT molecular complexity index is 750. The minimum absolute atomic E-state index is 0.517. The molecule has 0 aliphatic heterocycles. The number of ether oxygens (including phenoxy) is 1. The highest BCUT2D eigenvalue weighted by atomic mass is 16.6. The van der Waals surface area contributed by atoms with Gasteiger partial charge in [-0.3, -0.25) is 0 Å². The molecule has 0 fully saturated rings. The first-order valence-electron chi connectivity index (χ1n) is 6.97. The van der Waals surface area contributed by atoms with Gasteiger partial charge < -0.3 is 10.5 Å². The van der Waals surface area contributed by atoms with Crippen LogP contribution in [0, 0.1) is 0 Å². The standard InChI is InChI=1S/C16H17N3O2/c1-3-10(2)11-4-6-12(7-5-11)20-14-9-8-13(17)15-16(14)19-21-18-15/h4-10H,3,17H2,1-2H3. The molecule has 0 amide bonds. The third-order valence-corrected chi connectivity index (χ3v) is 3.70. The van der Waals surface area contributed by atoms with Crippen molar-refractivity contribution >= 4 is 16.7 Å². The van der Waals surface area contributed by atoms with Crippen molar-refractivity contribution in [3.8, 4) is 11.5 Å². The number of hydrogen-bond donors (Lipinski definition) is 1. The second-order valence-corrected chi connectivity index (χ2v) is 5.09. The van der Waals surface area contributed by atoms with Gasteiger partial charge in [0, 0.05) is 0 Å². The van der Waals surface area contributed by atoms with Gasteiger partial charge in [0.1, 0.15) is 5.75 Å². The molecule has 3 rings (SSSR count). The van der Waals surface area contributed by atoms with Crippen LogP contribution in [0.2, 0.25) is 0 Å². The zero-order chi connectivity index (χ0) is 14.8. The molecule has 2 aromatic carbocycles. The van der Waals surface area contributed by atoms with Crippen LogP contribution in [0.3, 0.4) is 0 Å². The van der Waals surface area contributed by atoms with Crippen LogP contribution in [0.25, 0.3) is 11.0 Å². The highest BCUT2D eigenvalue weighted by Gasteiger charge is 2.12. The second-order valence-electron chi connectivity index (χ2n) is 5.09. The molecule has 1 aromatic heterocycles. The number of benzene rings is 2. The van der Waals surface area contributed by atoms with Crippen LogP contribution in [-0.4, -0.2) is 10.3 Å². The van der Waals surface area contributed by atoms with E-state index in [-0.39, 0.29) is 0 Å². The summed E-state index contributed by atoms with van der Waals surface area (Å²) in [5.41, 5.74) is 8.68. The summed E-state index contributed by atoms with van der Waals surface area (Å²) in [5, 5.41) is 7.62. The molecular formula is C16H17N3O2. The third kappa shape index (κ3) is 2.54. The lowest BCUT2D eigenvalue weighted by Crippen LogP contribution is -1.92. The van der Waals surface area contributed by atoms with Crippen LogP contribution in [0.4, 0.5) is 5.69 Å². The summed E-state index contributed by atoms with van der Waals surface area (Å²) in [6.45, 7) is 4.39. The summed E-state index contributed by atoms with van der Waals surface area (Å²) in [4.78, 5) is 0. The van der Waals surface area contributed by atoms with Crippen molar-refractivity contribution in [2.75, 3.05) is 5.73 Å². The average molecular weight is 283 g/mol. The van der Waals surface area contributed by atoms with Crippen LogP contribution < -0.4 is 10.5 Å². The van der Waals surface area contributed by atoms with Gasteiger partial charge in [-0.15, -0.1) is 0 Å². The number of nitrogens with two attached hydrogens (primary N) is 1. The molecule has 2 N–H and O–H groups in total. The highest BCUT2D eigenvalue weighted by Crippen LogP contribution is 2.31. The predicted molar refractivity (Wildman–Crippen MR) is 81.4 cm³/mol. The van der Waals surface area contributed by atoms with Gasteiger partial charge in [-0.2, -0.15) is 0 Å².